The van der Waals surface area contributed by atoms with E-state index in [0.717, 1.165) is 0 Å². The minimum atomic E-state index is 0.181. The molecule has 1 aromatic carbocycles. The normalized spacial score (nSPS) is 16.5. The van der Waals surface area contributed by atoms with Gasteiger partial charge in [-0.2, -0.15) is 0 Å². The molecule has 3 atom stereocenters. The Morgan fingerprint density at radius 2 is 1.53 bits per heavy atom. The number of hydrogen-bond donors (Lipinski definition) is 1. The zero-order chi connectivity index (χ0) is 12.8. The Labute approximate surface area is 106 Å². The first-order chi connectivity index (χ1) is 8.10. The minimum absolute atomic E-state index is 0.181. The van der Waals surface area contributed by atoms with E-state index in [1.54, 1.807) is 0 Å². The molecule has 0 amide bonds. The van der Waals surface area contributed by atoms with Crippen molar-refractivity contribution in [2.75, 3.05) is 0 Å². The van der Waals surface area contributed by atoms with Crippen LogP contribution in [-0.2, 0) is 0 Å². The van der Waals surface area contributed by atoms with Gasteiger partial charge in [-0.1, -0.05) is 58.4 Å². The van der Waals surface area contributed by atoms with E-state index in [2.05, 4.69) is 52.0 Å². The van der Waals surface area contributed by atoms with Crippen LogP contribution in [0.5, 0.6) is 0 Å². The molecule has 0 bridgehead atoms. The molecule has 1 nitrogen and oxygen atoms in total. The molecule has 0 fully saturated rings. The van der Waals surface area contributed by atoms with Crippen LogP contribution >= 0.6 is 0 Å². The fourth-order valence-corrected chi connectivity index (χ4v) is 2.25. The molecule has 0 radical (unpaired) electrons. The molecule has 17 heavy (non-hydrogen) atoms. The molecule has 0 saturated heterocycles. The van der Waals surface area contributed by atoms with Crippen molar-refractivity contribution < 1.29 is 0 Å². The van der Waals surface area contributed by atoms with E-state index in [9.17, 15) is 0 Å². The van der Waals surface area contributed by atoms with Crippen LogP contribution in [0.4, 0.5) is 0 Å². The second-order valence-corrected chi connectivity index (χ2v) is 5.27. The van der Waals surface area contributed by atoms with Crippen molar-refractivity contribution in [1.82, 2.24) is 0 Å². The van der Waals surface area contributed by atoms with Crippen LogP contribution in [0.3, 0.4) is 0 Å². The molecule has 0 saturated carbocycles. The van der Waals surface area contributed by atoms with Crippen molar-refractivity contribution in [2.24, 2.45) is 11.7 Å². The molecule has 0 aliphatic carbocycles. The highest BCUT2D eigenvalue weighted by Gasteiger charge is 2.14. The van der Waals surface area contributed by atoms with Crippen molar-refractivity contribution in [3.8, 4) is 0 Å². The van der Waals surface area contributed by atoms with E-state index >= 15 is 0 Å². The standard InChI is InChI=1S/C16H27N/c1-5-7-13(4)16(17)15-10-8-14(9-11-15)12(3)6-2/h8-13,16H,5-7,17H2,1-4H3. The Balaban J connectivity index is 2.73. The van der Waals surface area contributed by atoms with Crippen molar-refractivity contribution in [3.05, 3.63) is 35.4 Å². The highest BCUT2D eigenvalue weighted by Crippen LogP contribution is 2.25. The smallest absolute Gasteiger partial charge is 0.0320 e. The summed E-state index contributed by atoms with van der Waals surface area (Å²) in [6.45, 7) is 8.97. The maximum Gasteiger partial charge on any atom is 0.0320 e. The summed E-state index contributed by atoms with van der Waals surface area (Å²) >= 11 is 0. The van der Waals surface area contributed by atoms with Crippen molar-refractivity contribution >= 4 is 0 Å². The van der Waals surface area contributed by atoms with E-state index in [1.807, 2.05) is 0 Å². The number of hydrogen-bond acceptors (Lipinski definition) is 1. The summed E-state index contributed by atoms with van der Waals surface area (Å²) in [4.78, 5) is 0. The summed E-state index contributed by atoms with van der Waals surface area (Å²) in [5.41, 5.74) is 8.98. The average molecular weight is 233 g/mol. The predicted molar refractivity (Wildman–Crippen MR) is 76.1 cm³/mol. The first-order valence-electron chi connectivity index (χ1n) is 6.95. The maximum atomic E-state index is 6.28. The van der Waals surface area contributed by atoms with Gasteiger partial charge in [0.05, 0.1) is 0 Å². The quantitative estimate of drug-likeness (QED) is 0.761. The summed E-state index contributed by atoms with van der Waals surface area (Å²) in [7, 11) is 0. The van der Waals surface area contributed by atoms with Gasteiger partial charge in [0.2, 0.25) is 0 Å². The summed E-state index contributed by atoms with van der Waals surface area (Å²) in [6.07, 6.45) is 3.60. The number of nitrogens with two attached hydrogens (primary N) is 1. The van der Waals surface area contributed by atoms with Gasteiger partial charge in [-0.15, -0.1) is 0 Å². The van der Waals surface area contributed by atoms with Crippen LogP contribution in [0.2, 0.25) is 0 Å². The lowest BCUT2D eigenvalue weighted by Gasteiger charge is -2.20. The van der Waals surface area contributed by atoms with Gasteiger partial charge in [0.1, 0.15) is 0 Å². The van der Waals surface area contributed by atoms with Gasteiger partial charge in [0.25, 0.3) is 0 Å². The highest BCUT2D eigenvalue weighted by molar-refractivity contribution is 5.27. The number of benzene rings is 1. The molecule has 3 unspecified atom stereocenters. The van der Waals surface area contributed by atoms with Gasteiger partial charge < -0.3 is 5.73 Å². The maximum absolute atomic E-state index is 6.28. The Morgan fingerprint density at radius 1 is 1.00 bits per heavy atom. The molecule has 0 aromatic heterocycles. The molecule has 2 N–H and O–H groups in total. The van der Waals surface area contributed by atoms with E-state index in [0.29, 0.717) is 11.8 Å². The first kappa shape index (κ1) is 14.2. The van der Waals surface area contributed by atoms with Crippen molar-refractivity contribution in [1.29, 1.82) is 0 Å². The third-order valence-corrected chi connectivity index (χ3v) is 3.86. The molecule has 0 heterocycles. The van der Waals surface area contributed by atoms with Gasteiger partial charge in [-0.05, 0) is 35.8 Å². The van der Waals surface area contributed by atoms with Crippen LogP contribution in [0.1, 0.15) is 70.0 Å². The zero-order valence-corrected chi connectivity index (χ0v) is 11.7. The topological polar surface area (TPSA) is 26.0 Å². The van der Waals surface area contributed by atoms with Gasteiger partial charge in [-0.3, -0.25) is 0 Å². The fourth-order valence-electron chi connectivity index (χ4n) is 2.25. The van der Waals surface area contributed by atoms with Gasteiger partial charge in [-0.25, -0.2) is 0 Å². The lowest BCUT2D eigenvalue weighted by atomic mass is 9.90. The lowest BCUT2D eigenvalue weighted by molar-refractivity contribution is 0.433. The predicted octanol–water partition coefficient (Wildman–Crippen LogP) is 4.64. The molecule has 96 valence electrons. The highest BCUT2D eigenvalue weighted by atomic mass is 14.6. The molecule has 0 aliphatic heterocycles. The van der Waals surface area contributed by atoms with Crippen LogP contribution in [0.25, 0.3) is 0 Å². The molecule has 0 aliphatic rings. The Hall–Kier alpha value is -0.820. The van der Waals surface area contributed by atoms with Crippen LogP contribution in [0, 0.1) is 5.92 Å². The van der Waals surface area contributed by atoms with E-state index in [-0.39, 0.29) is 6.04 Å². The van der Waals surface area contributed by atoms with Crippen molar-refractivity contribution in [2.45, 2.75) is 58.9 Å². The zero-order valence-electron chi connectivity index (χ0n) is 11.7. The van der Waals surface area contributed by atoms with E-state index in [1.165, 1.54) is 30.4 Å². The number of rotatable bonds is 6. The van der Waals surface area contributed by atoms with Gasteiger partial charge in [0.15, 0.2) is 0 Å². The Morgan fingerprint density at radius 3 is 2.00 bits per heavy atom. The largest absolute Gasteiger partial charge is 0.324 e. The lowest BCUT2D eigenvalue weighted by Crippen LogP contribution is -2.18. The molecule has 1 rings (SSSR count). The van der Waals surface area contributed by atoms with E-state index in [4.69, 9.17) is 5.73 Å². The van der Waals surface area contributed by atoms with Crippen LogP contribution in [-0.4, -0.2) is 0 Å². The second-order valence-electron chi connectivity index (χ2n) is 5.27. The Kier molecular flexibility index (Phi) is 5.70. The Bertz CT molecular complexity index is 315. The van der Waals surface area contributed by atoms with Crippen molar-refractivity contribution in [3.63, 3.8) is 0 Å². The summed E-state index contributed by atoms with van der Waals surface area (Å²) in [5, 5.41) is 0. The molecule has 1 heteroatoms. The minimum Gasteiger partial charge on any atom is -0.324 e. The SMILES string of the molecule is CCCC(C)C(N)c1ccc(C(C)CC)cc1. The third-order valence-electron chi connectivity index (χ3n) is 3.86. The molecule has 0 spiro atoms. The summed E-state index contributed by atoms with van der Waals surface area (Å²) in [5.74, 6) is 1.21. The molecular formula is C16H27N. The third kappa shape index (κ3) is 3.85. The van der Waals surface area contributed by atoms with Gasteiger partial charge in [0, 0.05) is 6.04 Å². The monoisotopic (exact) mass is 233 g/mol. The first-order valence-corrected chi connectivity index (χ1v) is 6.95. The van der Waals surface area contributed by atoms with Crippen LogP contribution in [0.15, 0.2) is 24.3 Å². The molecular weight excluding hydrogens is 206 g/mol. The van der Waals surface area contributed by atoms with Crippen LogP contribution < -0.4 is 5.73 Å². The van der Waals surface area contributed by atoms with Gasteiger partial charge >= 0.3 is 0 Å². The summed E-state index contributed by atoms with van der Waals surface area (Å²) in [6, 6.07) is 9.07. The fraction of sp³-hybridized carbons (Fsp3) is 0.625. The average Bonchev–Trinajstić information content (AvgIpc) is 2.37. The summed E-state index contributed by atoms with van der Waals surface area (Å²) < 4.78 is 0. The second kappa shape index (κ2) is 6.80. The van der Waals surface area contributed by atoms with E-state index < -0.39 is 0 Å². The molecule has 1 aromatic rings.